The first-order chi connectivity index (χ1) is 18.1. The molecule has 0 aliphatic rings. The Morgan fingerprint density at radius 2 is 1.61 bits per heavy atom. The van der Waals surface area contributed by atoms with Crippen LogP contribution in [0.15, 0.2) is 65.6 Å². The number of nitrogens with one attached hydrogen (secondary N) is 1. The molecule has 0 fully saturated rings. The van der Waals surface area contributed by atoms with Gasteiger partial charge in [0, 0.05) is 18.4 Å². The highest BCUT2D eigenvalue weighted by atomic mass is 32.2. The Hall–Kier alpha value is -3.17. The van der Waals surface area contributed by atoms with Gasteiger partial charge in [-0.15, -0.1) is 0 Å². The molecule has 9 heteroatoms. The van der Waals surface area contributed by atoms with E-state index in [0.29, 0.717) is 23.7 Å². The van der Waals surface area contributed by atoms with E-state index in [0.717, 1.165) is 33.4 Å². The predicted molar refractivity (Wildman–Crippen MR) is 155 cm³/mol. The second-order valence-electron chi connectivity index (χ2n) is 9.12. The normalized spacial score (nSPS) is 11.2. The first kappa shape index (κ1) is 29.4. The zero-order valence-corrected chi connectivity index (χ0v) is 24.2. The third-order valence-corrected chi connectivity index (χ3v) is 8.75. The van der Waals surface area contributed by atoms with Crippen LogP contribution in [0.1, 0.15) is 28.7 Å². The molecule has 0 spiro atoms. The molecule has 0 bridgehead atoms. The third kappa shape index (κ3) is 7.91. The molecular weight excluding hydrogens is 520 g/mol. The molecule has 3 rings (SSSR count). The number of carbonyl (C=O) groups is 1. The molecule has 0 heterocycles. The SMILES string of the molecule is COc1ccc(S(=O)(=O)N(CC(=O)NCCCSCc2cccc(C)c2)c2cc(C)cc(C)c2)cc1OC. The summed E-state index contributed by atoms with van der Waals surface area (Å²) in [6.07, 6.45) is 0.786. The minimum Gasteiger partial charge on any atom is -0.493 e. The van der Waals surface area contributed by atoms with Gasteiger partial charge in [0.2, 0.25) is 5.91 Å². The van der Waals surface area contributed by atoms with E-state index in [1.807, 2.05) is 31.7 Å². The lowest BCUT2D eigenvalue weighted by Crippen LogP contribution is -2.41. The number of rotatable bonds is 13. The molecule has 0 saturated heterocycles. The molecule has 1 amide bonds. The first-order valence-electron chi connectivity index (χ1n) is 12.4. The Kier molecular flexibility index (Phi) is 10.5. The fraction of sp³-hybridized carbons (Fsp3) is 0.345. The number of anilines is 1. The predicted octanol–water partition coefficient (Wildman–Crippen LogP) is 5.26. The minimum absolute atomic E-state index is 0.00894. The van der Waals surface area contributed by atoms with Crippen LogP contribution in [0.25, 0.3) is 0 Å². The topological polar surface area (TPSA) is 84.9 Å². The van der Waals surface area contributed by atoms with E-state index in [9.17, 15) is 13.2 Å². The summed E-state index contributed by atoms with van der Waals surface area (Å²) in [7, 11) is -1.15. The molecule has 204 valence electrons. The maximum Gasteiger partial charge on any atom is 0.264 e. The summed E-state index contributed by atoms with van der Waals surface area (Å²) >= 11 is 1.81. The largest absolute Gasteiger partial charge is 0.493 e. The number of aryl methyl sites for hydroxylation is 3. The highest BCUT2D eigenvalue weighted by molar-refractivity contribution is 7.98. The van der Waals surface area contributed by atoms with Crippen molar-refractivity contribution < 1.29 is 22.7 Å². The molecule has 0 radical (unpaired) electrons. The van der Waals surface area contributed by atoms with Crippen molar-refractivity contribution in [1.29, 1.82) is 0 Å². The average Bonchev–Trinajstić information content (AvgIpc) is 2.88. The van der Waals surface area contributed by atoms with Gasteiger partial charge in [0.15, 0.2) is 11.5 Å². The zero-order chi connectivity index (χ0) is 27.7. The number of hydrogen-bond acceptors (Lipinski definition) is 6. The van der Waals surface area contributed by atoms with Gasteiger partial charge in [-0.25, -0.2) is 8.42 Å². The lowest BCUT2D eigenvalue weighted by atomic mass is 10.1. The van der Waals surface area contributed by atoms with Crippen LogP contribution in [0.3, 0.4) is 0 Å². The molecule has 0 aliphatic carbocycles. The van der Waals surface area contributed by atoms with Crippen LogP contribution in [-0.4, -0.2) is 47.4 Å². The Balaban J connectivity index is 1.70. The van der Waals surface area contributed by atoms with Crippen molar-refractivity contribution in [2.75, 3.05) is 37.4 Å². The first-order valence-corrected chi connectivity index (χ1v) is 15.0. The molecule has 0 atom stereocenters. The van der Waals surface area contributed by atoms with Crippen molar-refractivity contribution in [3.63, 3.8) is 0 Å². The summed E-state index contributed by atoms with van der Waals surface area (Å²) in [6.45, 7) is 6.00. The van der Waals surface area contributed by atoms with Gasteiger partial charge in [0.25, 0.3) is 10.0 Å². The van der Waals surface area contributed by atoms with Crippen molar-refractivity contribution in [3.8, 4) is 11.5 Å². The van der Waals surface area contributed by atoms with Crippen molar-refractivity contribution in [2.24, 2.45) is 0 Å². The van der Waals surface area contributed by atoms with Crippen LogP contribution < -0.4 is 19.1 Å². The van der Waals surface area contributed by atoms with E-state index in [4.69, 9.17) is 9.47 Å². The Morgan fingerprint density at radius 3 is 2.26 bits per heavy atom. The van der Waals surface area contributed by atoms with Crippen LogP contribution in [0.4, 0.5) is 5.69 Å². The number of sulfonamides is 1. The number of methoxy groups -OCH3 is 2. The van der Waals surface area contributed by atoms with Gasteiger partial charge < -0.3 is 14.8 Å². The van der Waals surface area contributed by atoms with Crippen molar-refractivity contribution in [2.45, 2.75) is 37.8 Å². The highest BCUT2D eigenvalue weighted by Crippen LogP contribution is 2.32. The quantitative estimate of drug-likeness (QED) is 0.289. The summed E-state index contributed by atoms with van der Waals surface area (Å²) in [6, 6.07) is 18.3. The monoisotopic (exact) mass is 556 g/mol. The maximum atomic E-state index is 13.8. The Morgan fingerprint density at radius 1 is 0.895 bits per heavy atom. The van der Waals surface area contributed by atoms with Crippen LogP contribution in [0.2, 0.25) is 0 Å². The lowest BCUT2D eigenvalue weighted by molar-refractivity contribution is -0.119. The van der Waals surface area contributed by atoms with E-state index >= 15 is 0 Å². The number of nitrogens with zero attached hydrogens (tertiary/aromatic N) is 1. The van der Waals surface area contributed by atoms with Crippen LogP contribution >= 0.6 is 11.8 Å². The summed E-state index contributed by atoms with van der Waals surface area (Å²) in [5, 5.41) is 2.88. The van der Waals surface area contributed by atoms with Crippen molar-refractivity contribution in [3.05, 3.63) is 82.9 Å². The van der Waals surface area contributed by atoms with Crippen molar-refractivity contribution >= 4 is 33.4 Å². The molecule has 0 unspecified atom stereocenters. The van der Waals surface area contributed by atoms with Crippen LogP contribution in [-0.2, 0) is 20.6 Å². The molecule has 3 aromatic rings. The lowest BCUT2D eigenvalue weighted by Gasteiger charge is -2.25. The van der Waals surface area contributed by atoms with E-state index in [2.05, 4.69) is 36.5 Å². The van der Waals surface area contributed by atoms with Gasteiger partial charge in [0.05, 0.1) is 24.8 Å². The number of thioether (sulfide) groups is 1. The fourth-order valence-corrected chi connectivity index (χ4v) is 6.42. The van der Waals surface area contributed by atoms with Gasteiger partial charge in [-0.05, 0) is 73.9 Å². The van der Waals surface area contributed by atoms with Gasteiger partial charge >= 0.3 is 0 Å². The molecule has 7 nitrogen and oxygen atoms in total. The molecule has 38 heavy (non-hydrogen) atoms. The Bertz CT molecular complexity index is 1340. The van der Waals surface area contributed by atoms with Crippen LogP contribution in [0.5, 0.6) is 11.5 Å². The summed E-state index contributed by atoms with van der Waals surface area (Å²) in [5.74, 6) is 2.15. The van der Waals surface area contributed by atoms with Gasteiger partial charge in [-0.1, -0.05) is 35.9 Å². The number of carbonyl (C=O) groups excluding carboxylic acids is 1. The maximum absolute atomic E-state index is 13.8. The van der Waals surface area contributed by atoms with E-state index in [-0.39, 0.29) is 17.3 Å². The molecular formula is C29H36N2O5S2. The Labute approximate surface area is 230 Å². The second-order valence-corrected chi connectivity index (χ2v) is 12.1. The number of ether oxygens (including phenoxy) is 2. The average molecular weight is 557 g/mol. The summed E-state index contributed by atoms with van der Waals surface area (Å²) < 4.78 is 39.3. The van der Waals surface area contributed by atoms with E-state index < -0.39 is 10.0 Å². The van der Waals surface area contributed by atoms with Gasteiger partial charge in [-0.3, -0.25) is 9.10 Å². The third-order valence-electron chi connectivity index (χ3n) is 5.86. The molecule has 0 aromatic heterocycles. The summed E-state index contributed by atoms with van der Waals surface area (Å²) in [4.78, 5) is 12.9. The number of hydrogen-bond donors (Lipinski definition) is 1. The smallest absolute Gasteiger partial charge is 0.264 e. The number of benzene rings is 3. The summed E-state index contributed by atoms with van der Waals surface area (Å²) in [5.41, 5.74) is 4.76. The number of amides is 1. The van der Waals surface area contributed by atoms with E-state index in [1.54, 1.807) is 18.2 Å². The molecule has 0 saturated carbocycles. The van der Waals surface area contributed by atoms with Gasteiger partial charge in [-0.2, -0.15) is 11.8 Å². The molecule has 0 aliphatic heterocycles. The zero-order valence-electron chi connectivity index (χ0n) is 22.6. The fourth-order valence-electron chi connectivity index (χ4n) is 4.09. The van der Waals surface area contributed by atoms with E-state index in [1.165, 1.54) is 37.5 Å². The second kappa shape index (κ2) is 13.6. The molecule has 1 N–H and O–H groups in total. The minimum atomic E-state index is -4.08. The highest BCUT2D eigenvalue weighted by Gasteiger charge is 2.28. The standard InChI is InChI=1S/C29H36N2O5S2/c1-21-8-6-9-24(15-21)20-37-13-7-12-30-29(32)19-31(25-16-22(2)14-23(3)17-25)38(33,34)26-10-11-27(35-4)28(18-26)36-5/h6,8-11,14-18H,7,12-13,19-20H2,1-5H3,(H,30,32). The van der Waals surface area contributed by atoms with Crippen molar-refractivity contribution in [1.82, 2.24) is 5.32 Å². The van der Waals surface area contributed by atoms with Gasteiger partial charge in [0.1, 0.15) is 6.54 Å². The molecule has 3 aromatic carbocycles. The van der Waals surface area contributed by atoms with Crippen LogP contribution in [0, 0.1) is 20.8 Å².